The smallest absolute Gasteiger partial charge is 0.372 e. The number of pyridine rings is 1. The first-order valence-corrected chi connectivity index (χ1v) is 8.71. The Bertz CT molecular complexity index is 516. The molecule has 1 aromatic heterocycles. The molecule has 0 saturated heterocycles. The number of rotatable bonds is 4. The zero-order chi connectivity index (χ0) is 14.2. The highest BCUT2D eigenvalue weighted by molar-refractivity contribution is 14.1. The molecule has 102 valence electrons. The van der Waals surface area contributed by atoms with Crippen molar-refractivity contribution >= 4 is 37.8 Å². The summed E-state index contributed by atoms with van der Waals surface area (Å²) in [6.07, 6.45) is 2.66. The summed E-state index contributed by atoms with van der Waals surface area (Å²) in [4.78, 5) is 37.7. The van der Waals surface area contributed by atoms with Gasteiger partial charge in [-0.25, -0.2) is 0 Å². The number of hydrogen-bond donors (Lipinski definition) is 4. The fraction of sp³-hybridized carbons (Fsp3) is 0.286. The summed E-state index contributed by atoms with van der Waals surface area (Å²) < 4.78 is 23.8. The highest BCUT2D eigenvalue weighted by Gasteiger charge is 2.57. The van der Waals surface area contributed by atoms with E-state index in [4.69, 9.17) is 14.7 Å². The summed E-state index contributed by atoms with van der Waals surface area (Å²) in [5, 5.41) is 6.07. The van der Waals surface area contributed by atoms with Gasteiger partial charge in [-0.2, -0.15) is 4.57 Å². The van der Waals surface area contributed by atoms with Gasteiger partial charge in [-0.15, -0.1) is 0 Å². The number of hydrogen-bond acceptors (Lipinski definition) is 4. The van der Waals surface area contributed by atoms with Gasteiger partial charge in [0.25, 0.3) is 5.08 Å². The van der Waals surface area contributed by atoms with Crippen molar-refractivity contribution in [3.8, 4) is 0 Å². The van der Waals surface area contributed by atoms with Gasteiger partial charge in [0.15, 0.2) is 26.5 Å². The van der Waals surface area contributed by atoms with Gasteiger partial charge in [0.05, 0.1) is 3.57 Å². The molecule has 0 amide bonds. The first kappa shape index (κ1) is 16.2. The van der Waals surface area contributed by atoms with E-state index in [9.17, 15) is 19.1 Å². The van der Waals surface area contributed by atoms with Crippen molar-refractivity contribution in [3.05, 3.63) is 28.1 Å². The van der Waals surface area contributed by atoms with Crippen LogP contribution in [-0.4, -0.2) is 24.9 Å². The molecule has 0 saturated carbocycles. The van der Waals surface area contributed by atoms with Crippen molar-refractivity contribution in [3.63, 3.8) is 0 Å². The van der Waals surface area contributed by atoms with E-state index in [0.29, 0.717) is 3.57 Å². The van der Waals surface area contributed by atoms with Crippen molar-refractivity contribution in [2.24, 2.45) is 0 Å². The van der Waals surface area contributed by atoms with Gasteiger partial charge < -0.3 is 29.2 Å². The number of halogens is 1. The summed E-state index contributed by atoms with van der Waals surface area (Å²) in [7, 11) is -11.2. The average Bonchev–Trinajstić information content (AvgIpc) is 2.13. The SMILES string of the molecule is O=P([O-])(O)C(O)(C[n+]1cccc(I)c1)P(=O)(O)O. The molecule has 0 aliphatic carbocycles. The van der Waals surface area contributed by atoms with Gasteiger partial charge in [0.2, 0.25) is 0 Å². The van der Waals surface area contributed by atoms with Crippen LogP contribution in [0.2, 0.25) is 0 Å². The van der Waals surface area contributed by atoms with Crippen LogP contribution >= 0.6 is 37.8 Å². The van der Waals surface area contributed by atoms with Gasteiger partial charge in [0, 0.05) is 6.07 Å². The Morgan fingerprint density at radius 1 is 1.39 bits per heavy atom. The van der Waals surface area contributed by atoms with E-state index < -0.39 is 26.8 Å². The van der Waals surface area contributed by atoms with E-state index in [1.807, 2.05) is 22.6 Å². The van der Waals surface area contributed by atoms with Crippen molar-refractivity contribution in [1.29, 1.82) is 0 Å². The second-order valence-corrected chi connectivity index (χ2v) is 8.74. The van der Waals surface area contributed by atoms with Crippen molar-refractivity contribution in [1.82, 2.24) is 0 Å². The Hall–Kier alpha value is 0.140. The van der Waals surface area contributed by atoms with Gasteiger partial charge in [0.1, 0.15) is 0 Å². The summed E-state index contributed by atoms with van der Waals surface area (Å²) in [6.45, 7) is -0.981. The summed E-state index contributed by atoms with van der Waals surface area (Å²) >= 11 is 1.89. The predicted octanol–water partition coefficient (Wildman–Crippen LogP) is -1.05. The molecule has 0 spiro atoms. The highest BCUT2D eigenvalue weighted by atomic mass is 127. The van der Waals surface area contributed by atoms with Gasteiger partial charge in [-0.1, -0.05) is 0 Å². The van der Waals surface area contributed by atoms with Crippen LogP contribution in [0.15, 0.2) is 24.5 Å². The van der Waals surface area contributed by atoms with Crippen LogP contribution < -0.4 is 9.46 Å². The lowest BCUT2D eigenvalue weighted by Crippen LogP contribution is -2.49. The Balaban J connectivity index is 3.25. The Kier molecular flexibility index (Phi) is 4.73. The Morgan fingerprint density at radius 2 is 1.94 bits per heavy atom. The Labute approximate surface area is 116 Å². The molecule has 0 radical (unpaired) electrons. The fourth-order valence-electron chi connectivity index (χ4n) is 1.18. The monoisotopic (exact) mass is 409 g/mol. The molecule has 2 unspecified atom stereocenters. The normalized spacial score (nSPS) is 19.0. The third-order valence-electron chi connectivity index (χ3n) is 2.14. The fourth-order valence-corrected chi connectivity index (χ4v) is 3.75. The highest BCUT2D eigenvalue weighted by Crippen LogP contribution is 2.65. The van der Waals surface area contributed by atoms with E-state index in [1.165, 1.54) is 18.5 Å². The maximum atomic E-state index is 11.1. The second kappa shape index (κ2) is 5.26. The minimum Gasteiger partial charge on any atom is -0.776 e. The molecule has 4 N–H and O–H groups in total. The summed E-state index contributed by atoms with van der Waals surface area (Å²) in [5.74, 6) is 0. The molecule has 1 heterocycles. The molecule has 0 aromatic carbocycles. The van der Waals surface area contributed by atoms with E-state index in [0.717, 1.165) is 4.57 Å². The number of aromatic nitrogens is 1. The molecule has 0 fully saturated rings. The molecule has 0 aliphatic rings. The third kappa shape index (κ3) is 3.37. The molecular formula is C7H10INO7P2. The van der Waals surface area contributed by atoms with Crippen LogP contribution in [0, 0.1) is 3.57 Å². The molecule has 8 nitrogen and oxygen atoms in total. The molecular weight excluding hydrogens is 399 g/mol. The maximum absolute atomic E-state index is 11.1. The van der Waals surface area contributed by atoms with Crippen LogP contribution in [0.25, 0.3) is 0 Å². The first-order chi connectivity index (χ1) is 7.97. The van der Waals surface area contributed by atoms with E-state index in [-0.39, 0.29) is 0 Å². The van der Waals surface area contributed by atoms with Crippen LogP contribution in [-0.2, 0) is 15.7 Å². The first-order valence-electron chi connectivity index (χ1n) is 4.44. The van der Waals surface area contributed by atoms with Crippen LogP contribution in [0.3, 0.4) is 0 Å². The lowest BCUT2D eigenvalue weighted by Gasteiger charge is -2.33. The molecule has 2 atom stereocenters. The molecule has 1 aromatic rings. The Morgan fingerprint density at radius 3 is 2.33 bits per heavy atom. The van der Waals surface area contributed by atoms with Gasteiger partial charge in [-0.05, 0) is 28.7 Å². The minimum atomic E-state index is -5.67. The van der Waals surface area contributed by atoms with Crippen molar-refractivity contribution < 1.29 is 38.4 Å². The zero-order valence-corrected chi connectivity index (χ0v) is 12.7. The minimum absolute atomic E-state index is 0.654. The van der Waals surface area contributed by atoms with E-state index in [2.05, 4.69) is 0 Å². The van der Waals surface area contributed by atoms with E-state index in [1.54, 1.807) is 6.07 Å². The second-order valence-electron chi connectivity index (χ2n) is 3.53. The largest absolute Gasteiger partial charge is 0.776 e. The van der Waals surface area contributed by atoms with Crippen LogP contribution in [0.4, 0.5) is 0 Å². The lowest BCUT2D eigenvalue weighted by atomic mass is 10.5. The molecule has 0 aliphatic heterocycles. The predicted molar refractivity (Wildman–Crippen MR) is 66.2 cm³/mol. The standard InChI is InChI=1S/C7H10INO7P2/c8-6-2-1-3-9(4-6)5-7(10,17(11,12)13)18(14,15)16/h1-4,10H,5H2,(H3-,11,12,13,14,15,16). The summed E-state index contributed by atoms with van der Waals surface area (Å²) in [5.41, 5.74) is 0. The van der Waals surface area contributed by atoms with Gasteiger partial charge >= 0.3 is 7.60 Å². The molecule has 0 bridgehead atoms. The van der Waals surface area contributed by atoms with Crippen LogP contribution in [0.5, 0.6) is 0 Å². The average molecular weight is 409 g/mol. The maximum Gasteiger partial charge on any atom is 0.372 e. The molecule has 1 rings (SSSR count). The van der Waals surface area contributed by atoms with E-state index >= 15 is 0 Å². The number of aliphatic hydroxyl groups is 1. The van der Waals surface area contributed by atoms with Gasteiger partial charge in [-0.3, -0.25) is 4.57 Å². The van der Waals surface area contributed by atoms with Crippen molar-refractivity contribution in [2.75, 3.05) is 0 Å². The quantitative estimate of drug-likeness (QED) is 0.283. The molecule has 11 heteroatoms. The summed E-state index contributed by atoms with van der Waals surface area (Å²) in [6, 6.07) is 3.15. The zero-order valence-electron chi connectivity index (χ0n) is 8.75. The lowest BCUT2D eigenvalue weighted by molar-refractivity contribution is -0.704. The number of nitrogens with zero attached hydrogens (tertiary/aromatic N) is 1. The van der Waals surface area contributed by atoms with Crippen molar-refractivity contribution in [2.45, 2.75) is 11.6 Å². The van der Waals surface area contributed by atoms with Crippen LogP contribution in [0.1, 0.15) is 0 Å². The molecule has 18 heavy (non-hydrogen) atoms. The topological polar surface area (TPSA) is 142 Å². The third-order valence-corrected chi connectivity index (χ3v) is 6.43.